The molecule has 0 heterocycles. The van der Waals surface area contributed by atoms with E-state index in [-0.39, 0.29) is 144 Å². The first-order valence-electron chi connectivity index (χ1n) is 32.1. The fourth-order valence-electron chi connectivity index (χ4n) is 10.1. The van der Waals surface area contributed by atoms with E-state index in [1.54, 1.807) is 19.1 Å². The van der Waals surface area contributed by atoms with Crippen molar-refractivity contribution in [3.05, 3.63) is 42.1 Å². The zero-order chi connectivity index (χ0) is 66.4. The van der Waals surface area contributed by atoms with Gasteiger partial charge in [0, 0.05) is 82.4 Å². The van der Waals surface area contributed by atoms with Gasteiger partial charge in [-0.2, -0.15) is 8.42 Å². The number of hydrogen-bond donors (Lipinski definition) is 12. The quantitative estimate of drug-likeness (QED) is 0.0146. The van der Waals surface area contributed by atoms with Crippen molar-refractivity contribution in [2.75, 3.05) is 58.4 Å². The number of hydrogen-bond acceptors (Lipinski definition) is 16. The van der Waals surface area contributed by atoms with Gasteiger partial charge in [0.15, 0.2) is 5.96 Å². The van der Waals surface area contributed by atoms with E-state index in [9.17, 15) is 57.0 Å². The topological polar surface area (TPSA) is 426 Å². The summed E-state index contributed by atoms with van der Waals surface area (Å²) >= 11 is 0. The third kappa shape index (κ3) is 43.2. The van der Waals surface area contributed by atoms with Crippen molar-refractivity contribution < 1.29 is 78.1 Å². The van der Waals surface area contributed by atoms with E-state index >= 15 is 0 Å². The van der Waals surface area contributed by atoms with Crippen molar-refractivity contribution in [2.24, 2.45) is 51.6 Å². The smallest absolute Gasteiger partial charge is 0.326 e. The van der Waals surface area contributed by atoms with Crippen LogP contribution in [-0.2, 0) is 64.4 Å². The SMILES string of the molecule is C=C(CCCCCCCCCCCCCCCS(=O)(=O)O)N[C@@H](CCC(=O)NCCOCCOCC(=O)NCCCC[C@H](N)C(=O)NCCCC[C@H](CC(=O)CC(C)C)C(=O)C(C)[C@@H](CCCN=C(N)N)C(=O)N[C@@H](Cc1ccc(O)cc1)C(N)=O)C(=O)O.[HH].[HH].[HH].[HH].[HH]. The van der Waals surface area contributed by atoms with Gasteiger partial charge < -0.3 is 69.2 Å². The molecule has 0 radical (unpaired) electrons. The molecule has 1 rings (SSSR count). The number of amides is 5. The number of carbonyl (C=O) groups is 8. The van der Waals surface area contributed by atoms with Crippen molar-refractivity contribution >= 4 is 63.1 Å². The van der Waals surface area contributed by atoms with Gasteiger partial charge >= 0.3 is 5.97 Å². The fraction of sp³-hybridized carbons (Fsp3) is 0.730. The highest BCUT2D eigenvalue weighted by Crippen LogP contribution is 2.28. The van der Waals surface area contributed by atoms with Crippen LogP contribution in [0, 0.1) is 23.7 Å². The average Bonchev–Trinajstić information content (AvgIpc) is 2.59. The van der Waals surface area contributed by atoms with Gasteiger partial charge in [-0.25, -0.2) is 4.79 Å². The highest BCUT2D eigenvalue weighted by Gasteiger charge is 2.36. The van der Waals surface area contributed by atoms with Crippen LogP contribution < -0.4 is 49.5 Å². The molecule has 1 aromatic carbocycles. The largest absolute Gasteiger partial charge is 0.508 e. The van der Waals surface area contributed by atoms with Gasteiger partial charge in [-0.3, -0.25) is 43.1 Å². The van der Waals surface area contributed by atoms with Crippen LogP contribution in [0.15, 0.2) is 41.5 Å². The van der Waals surface area contributed by atoms with Crippen molar-refractivity contribution in [1.29, 1.82) is 0 Å². The maximum atomic E-state index is 14.3. The number of phenolic OH excluding ortho intramolecular Hbond substituents is 1. The fourth-order valence-corrected chi connectivity index (χ4v) is 10.7. The third-order valence-corrected chi connectivity index (χ3v) is 16.0. The Labute approximate surface area is 536 Å². The molecule has 1 unspecified atom stereocenters. The van der Waals surface area contributed by atoms with Crippen LogP contribution in [-0.4, -0.2) is 153 Å². The molecular formula is C63H120N10O15S. The van der Waals surface area contributed by atoms with Gasteiger partial charge in [-0.05, 0) is 94.2 Å². The zero-order valence-electron chi connectivity index (χ0n) is 53.4. The Kier molecular flexibility index (Phi) is 44.1. The van der Waals surface area contributed by atoms with Crippen LogP contribution in [0.1, 0.15) is 200 Å². The minimum atomic E-state index is -3.85. The lowest BCUT2D eigenvalue weighted by Gasteiger charge is -2.28. The molecule has 6 atom stereocenters. The Morgan fingerprint density at radius 2 is 1.20 bits per heavy atom. The first-order chi connectivity index (χ1) is 42.3. The molecule has 518 valence electrons. The number of Topliss-reactive ketones (excluding diaryl/α,β-unsaturated/α-hetero) is 2. The molecule has 89 heavy (non-hydrogen) atoms. The number of rotatable bonds is 57. The normalized spacial score (nSPS) is 13.5. The van der Waals surface area contributed by atoms with Crippen LogP contribution in [0.4, 0.5) is 0 Å². The number of nitrogens with one attached hydrogen (secondary N) is 5. The number of primary amides is 1. The molecule has 0 aliphatic carbocycles. The van der Waals surface area contributed by atoms with Gasteiger partial charge in [0.25, 0.3) is 10.1 Å². The van der Waals surface area contributed by atoms with Crippen LogP contribution in [0.3, 0.4) is 0 Å². The van der Waals surface area contributed by atoms with Crippen LogP contribution in [0.2, 0.25) is 0 Å². The van der Waals surface area contributed by atoms with Gasteiger partial charge in [-0.1, -0.05) is 117 Å². The molecule has 0 bridgehead atoms. The minimum Gasteiger partial charge on any atom is -0.508 e. The molecule has 0 aromatic heterocycles. The lowest BCUT2D eigenvalue weighted by Crippen LogP contribution is -2.49. The number of aromatic hydroxyl groups is 1. The molecule has 26 heteroatoms. The molecule has 1 aromatic rings. The van der Waals surface area contributed by atoms with Crippen molar-refractivity contribution in [1.82, 2.24) is 26.6 Å². The van der Waals surface area contributed by atoms with Crippen LogP contribution >= 0.6 is 0 Å². The lowest BCUT2D eigenvalue weighted by molar-refractivity contribution is -0.139. The molecule has 0 aliphatic rings. The van der Waals surface area contributed by atoms with E-state index in [2.05, 4.69) is 38.2 Å². The van der Waals surface area contributed by atoms with Crippen molar-refractivity contribution in [3.8, 4) is 5.75 Å². The Balaban J connectivity index is -0.00000528. The minimum absolute atomic E-state index is 0. The summed E-state index contributed by atoms with van der Waals surface area (Å²) in [6.45, 7) is 10.8. The van der Waals surface area contributed by atoms with Gasteiger partial charge in [0.05, 0.1) is 31.6 Å². The number of ketones is 2. The van der Waals surface area contributed by atoms with Gasteiger partial charge in [0.1, 0.15) is 36.0 Å². The summed E-state index contributed by atoms with van der Waals surface area (Å²) in [4.78, 5) is 107. The molecule has 0 saturated heterocycles. The van der Waals surface area contributed by atoms with E-state index in [1.165, 1.54) is 37.8 Å². The third-order valence-electron chi connectivity index (χ3n) is 15.2. The molecule has 0 spiro atoms. The maximum absolute atomic E-state index is 14.3. The summed E-state index contributed by atoms with van der Waals surface area (Å²) in [7, 11) is -3.85. The lowest BCUT2D eigenvalue weighted by atomic mass is 9.78. The number of carboxylic acids is 1. The number of phenols is 1. The zero-order valence-corrected chi connectivity index (χ0v) is 54.2. The predicted octanol–water partition coefficient (Wildman–Crippen LogP) is 6.37. The summed E-state index contributed by atoms with van der Waals surface area (Å²) in [5, 5.41) is 33.4. The van der Waals surface area contributed by atoms with E-state index in [4.69, 9.17) is 37.0 Å². The number of allylic oxidation sites excluding steroid dienone is 1. The first kappa shape index (κ1) is 80.8. The van der Waals surface area contributed by atoms with E-state index in [0.717, 1.165) is 51.4 Å². The summed E-state index contributed by atoms with van der Waals surface area (Å²) in [6, 6.07) is 3.29. The number of carboxylic acid groups (broad SMARTS) is 1. The number of unbranched alkanes of at least 4 members (excludes halogenated alkanes) is 14. The number of carbonyl (C=O) groups excluding carboxylic acids is 7. The summed E-state index contributed by atoms with van der Waals surface area (Å²) < 4.78 is 41.2. The average molecular weight is 1290 g/mol. The number of aliphatic carboxylic acids is 1. The Morgan fingerprint density at radius 1 is 0.629 bits per heavy atom. The van der Waals surface area contributed by atoms with Crippen molar-refractivity contribution in [3.63, 3.8) is 0 Å². The number of guanidine groups is 1. The van der Waals surface area contributed by atoms with Crippen LogP contribution in [0.25, 0.3) is 0 Å². The molecule has 0 saturated carbocycles. The molecule has 25 nitrogen and oxygen atoms in total. The predicted molar refractivity (Wildman–Crippen MR) is 354 cm³/mol. The molecule has 5 amide bonds. The van der Waals surface area contributed by atoms with E-state index < -0.39 is 63.8 Å². The number of nitrogens with zero attached hydrogens (tertiary/aromatic N) is 1. The first-order valence-corrected chi connectivity index (χ1v) is 33.7. The summed E-state index contributed by atoms with van der Waals surface area (Å²) in [5.74, 6) is -6.40. The summed E-state index contributed by atoms with van der Waals surface area (Å²) in [6.07, 6.45) is 17.8. The Morgan fingerprint density at radius 3 is 1.79 bits per heavy atom. The monoisotopic (exact) mass is 1290 g/mol. The maximum Gasteiger partial charge on any atom is 0.326 e. The second-order valence-corrected chi connectivity index (χ2v) is 25.3. The second-order valence-electron chi connectivity index (χ2n) is 23.7. The molecule has 0 fully saturated rings. The summed E-state index contributed by atoms with van der Waals surface area (Å²) in [5.41, 5.74) is 24.2. The van der Waals surface area contributed by atoms with Crippen molar-refractivity contribution in [2.45, 2.75) is 212 Å². The molecular weight excluding hydrogens is 1170 g/mol. The van der Waals surface area contributed by atoms with E-state index in [1.807, 2.05) is 13.8 Å². The molecule has 16 N–H and O–H groups in total. The highest BCUT2D eigenvalue weighted by atomic mass is 32.2. The highest BCUT2D eigenvalue weighted by molar-refractivity contribution is 7.85. The Bertz CT molecular complexity index is 2420. The van der Waals surface area contributed by atoms with Gasteiger partial charge in [0.2, 0.25) is 29.5 Å². The standard InChI is InChI=1S/C63H110N10O15S.5H2/c1-45(2)41-51(75)43-49(58(78)47(4)52(25-22-35-71-63(66)67)60(80)73-55(59(65)79)42-48-27-29-50(74)30-28-48)24-17-19-34-70-61(81)53(64)26-18-20-33-68-57(77)44-88-39-38-87-37-36-69-56(76)32-31-54(62(82)83)72-46(3)23-16-14-12-10-8-6-5-7-9-11-13-15-21-40-89(84,85)86;;;;;/h27-30,45,47,49,52-55,72,74H,3,5-26,31-44,64H2,1-2,4H3,(H2,65,79)(H,68,77)(H,69,76)(H,70,81)(H,73,80)(H,82,83)(H4,66,67,71)(H,84,85,86);5*1H/t47?,49-,52-,53+,54+,55+;;;;;/m1...../s1. The van der Waals surface area contributed by atoms with Gasteiger partial charge in [-0.15, -0.1) is 0 Å². The Hall–Kier alpha value is -6.22. The molecule has 0 aliphatic heterocycles. The number of nitrogens with two attached hydrogens (primary N) is 4. The van der Waals surface area contributed by atoms with E-state index in [0.29, 0.717) is 75.6 Å². The number of benzene rings is 1. The van der Waals surface area contributed by atoms with Crippen LogP contribution in [0.5, 0.6) is 5.75 Å². The second kappa shape index (κ2) is 48.6. The number of aliphatic imine (C=N–C) groups is 1. The number of ether oxygens (including phenoxy) is 2.